The Kier molecular flexibility index (Phi) is 8.21. The highest BCUT2D eigenvalue weighted by atomic mass is 16.5. The molecule has 5 heteroatoms. The summed E-state index contributed by atoms with van der Waals surface area (Å²) < 4.78 is 5.66. The quantitative estimate of drug-likeness (QED) is 0.535. The molecule has 0 radical (unpaired) electrons. The number of rotatable bonds is 7. The summed E-state index contributed by atoms with van der Waals surface area (Å²) in [4.78, 5) is 7.72. The topological polar surface area (TPSA) is 48.9 Å². The summed E-state index contributed by atoms with van der Waals surface area (Å²) in [6.45, 7) is 17.3. The first-order valence-electron chi connectivity index (χ1n) is 10.7. The van der Waals surface area contributed by atoms with Crippen LogP contribution < -0.4 is 10.6 Å². The normalized spacial score (nSPS) is 23.0. The fourth-order valence-corrected chi connectivity index (χ4v) is 4.02. The van der Waals surface area contributed by atoms with E-state index in [0.717, 1.165) is 45.1 Å². The van der Waals surface area contributed by atoms with Gasteiger partial charge in [0.05, 0.1) is 6.54 Å². The van der Waals surface area contributed by atoms with Gasteiger partial charge in [-0.2, -0.15) is 0 Å². The van der Waals surface area contributed by atoms with Crippen LogP contribution in [0.3, 0.4) is 0 Å². The van der Waals surface area contributed by atoms with Crippen LogP contribution in [0.5, 0.6) is 0 Å². The second kappa shape index (κ2) is 9.93. The first-order chi connectivity index (χ1) is 12.3. The number of likely N-dealkylation sites (tertiary alicyclic amines) is 1. The van der Waals surface area contributed by atoms with Gasteiger partial charge in [-0.05, 0) is 70.9 Å². The van der Waals surface area contributed by atoms with Crippen LogP contribution in [0.2, 0.25) is 0 Å². The Morgan fingerprint density at radius 3 is 2.42 bits per heavy atom. The fraction of sp³-hybridized carbons (Fsp3) is 0.952. The molecule has 0 amide bonds. The van der Waals surface area contributed by atoms with Gasteiger partial charge < -0.3 is 15.4 Å². The highest BCUT2D eigenvalue weighted by molar-refractivity contribution is 5.80. The van der Waals surface area contributed by atoms with Crippen molar-refractivity contribution in [3.8, 4) is 0 Å². The minimum atomic E-state index is 0.200. The van der Waals surface area contributed by atoms with Gasteiger partial charge in [0, 0.05) is 31.3 Å². The van der Waals surface area contributed by atoms with Crippen LogP contribution in [-0.4, -0.2) is 61.8 Å². The minimum absolute atomic E-state index is 0.200. The van der Waals surface area contributed by atoms with E-state index in [0.29, 0.717) is 11.5 Å². The van der Waals surface area contributed by atoms with Gasteiger partial charge in [0.25, 0.3) is 0 Å². The lowest BCUT2D eigenvalue weighted by molar-refractivity contribution is -0.0139. The van der Waals surface area contributed by atoms with Crippen LogP contribution in [0.1, 0.15) is 73.1 Å². The van der Waals surface area contributed by atoms with Gasteiger partial charge in [-0.1, -0.05) is 20.8 Å². The van der Waals surface area contributed by atoms with Crippen LogP contribution in [0, 0.1) is 5.41 Å². The summed E-state index contributed by atoms with van der Waals surface area (Å²) in [6.07, 6.45) is 7.25. The second-order valence-corrected chi connectivity index (χ2v) is 9.37. The molecule has 0 aromatic carbocycles. The molecule has 2 fully saturated rings. The van der Waals surface area contributed by atoms with Crippen molar-refractivity contribution in [1.29, 1.82) is 0 Å². The van der Waals surface area contributed by atoms with E-state index in [1.807, 2.05) is 0 Å². The van der Waals surface area contributed by atoms with Crippen molar-refractivity contribution in [2.45, 2.75) is 84.7 Å². The van der Waals surface area contributed by atoms with Gasteiger partial charge in [-0.3, -0.25) is 9.89 Å². The van der Waals surface area contributed by atoms with Crippen molar-refractivity contribution in [3.63, 3.8) is 0 Å². The van der Waals surface area contributed by atoms with Crippen molar-refractivity contribution in [2.24, 2.45) is 10.4 Å². The Hall–Kier alpha value is -0.810. The predicted octanol–water partition coefficient (Wildman–Crippen LogP) is 3.40. The Balaban J connectivity index is 1.98. The molecule has 2 saturated heterocycles. The van der Waals surface area contributed by atoms with E-state index in [1.165, 1.54) is 38.8 Å². The standard InChI is InChI=1S/C21H42N4O/c1-6-22-19(24-18(2)9-10-20(3,4)5)23-17-21(11-15-26-16-12-21)25-13-7-8-14-25/h18H,6-17H2,1-5H3,(H2,22,23,24). The summed E-state index contributed by atoms with van der Waals surface area (Å²) in [7, 11) is 0. The number of nitrogens with zero attached hydrogens (tertiary/aromatic N) is 2. The monoisotopic (exact) mass is 366 g/mol. The average Bonchev–Trinajstić information content (AvgIpc) is 3.14. The number of aliphatic imine (C=N–C) groups is 1. The number of nitrogens with one attached hydrogen (secondary N) is 2. The molecule has 5 nitrogen and oxygen atoms in total. The van der Waals surface area contributed by atoms with E-state index >= 15 is 0 Å². The molecule has 152 valence electrons. The lowest BCUT2D eigenvalue weighted by Gasteiger charge is -2.43. The third-order valence-corrected chi connectivity index (χ3v) is 5.79. The van der Waals surface area contributed by atoms with E-state index in [9.17, 15) is 0 Å². The second-order valence-electron chi connectivity index (χ2n) is 9.37. The molecule has 2 aliphatic heterocycles. The van der Waals surface area contributed by atoms with Gasteiger partial charge in [0.15, 0.2) is 5.96 Å². The van der Waals surface area contributed by atoms with E-state index in [2.05, 4.69) is 50.2 Å². The summed E-state index contributed by atoms with van der Waals surface area (Å²) in [5.74, 6) is 0.971. The molecule has 0 aliphatic carbocycles. The molecule has 1 atom stereocenters. The van der Waals surface area contributed by atoms with E-state index in [1.54, 1.807) is 0 Å². The predicted molar refractivity (Wildman–Crippen MR) is 111 cm³/mol. The highest BCUT2D eigenvalue weighted by Crippen LogP contribution is 2.31. The number of guanidine groups is 1. The fourth-order valence-electron chi connectivity index (χ4n) is 4.02. The summed E-state index contributed by atoms with van der Waals surface area (Å²) in [5.41, 5.74) is 0.582. The molecule has 0 spiro atoms. The molecule has 0 aromatic rings. The van der Waals surface area contributed by atoms with Crippen molar-refractivity contribution in [2.75, 3.05) is 39.4 Å². The van der Waals surface area contributed by atoms with Crippen molar-refractivity contribution in [1.82, 2.24) is 15.5 Å². The van der Waals surface area contributed by atoms with Crippen molar-refractivity contribution >= 4 is 5.96 Å². The Bertz CT molecular complexity index is 432. The largest absolute Gasteiger partial charge is 0.381 e. The molecule has 2 N–H and O–H groups in total. The molecular formula is C21H42N4O. The lowest BCUT2D eigenvalue weighted by Crippen LogP contribution is -2.54. The van der Waals surface area contributed by atoms with E-state index in [-0.39, 0.29) is 5.54 Å². The van der Waals surface area contributed by atoms with E-state index < -0.39 is 0 Å². The summed E-state index contributed by atoms with van der Waals surface area (Å²) in [6, 6.07) is 0.435. The third-order valence-electron chi connectivity index (χ3n) is 5.79. The molecule has 2 heterocycles. The van der Waals surface area contributed by atoms with Crippen LogP contribution in [0.4, 0.5) is 0 Å². The van der Waals surface area contributed by atoms with Gasteiger partial charge >= 0.3 is 0 Å². The SMILES string of the molecule is CCNC(=NCC1(N2CCCC2)CCOCC1)NC(C)CCC(C)(C)C. The zero-order chi connectivity index (χ0) is 19.0. The minimum Gasteiger partial charge on any atom is -0.381 e. The van der Waals surface area contributed by atoms with Crippen LogP contribution in [0.25, 0.3) is 0 Å². The van der Waals surface area contributed by atoms with Crippen LogP contribution in [0.15, 0.2) is 4.99 Å². The zero-order valence-corrected chi connectivity index (χ0v) is 17.9. The molecule has 2 rings (SSSR count). The van der Waals surface area contributed by atoms with Gasteiger partial charge in [-0.25, -0.2) is 0 Å². The lowest BCUT2D eigenvalue weighted by atomic mass is 9.88. The number of hydrogen-bond donors (Lipinski definition) is 2. The Morgan fingerprint density at radius 1 is 1.19 bits per heavy atom. The Labute approximate surface area is 161 Å². The van der Waals surface area contributed by atoms with Crippen LogP contribution >= 0.6 is 0 Å². The molecule has 0 aromatic heterocycles. The van der Waals surface area contributed by atoms with Crippen LogP contribution in [-0.2, 0) is 4.74 Å². The maximum absolute atomic E-state index is 5.66. The summed E-state index contributed by atoms with van der Waals surface area (Å²) in [5, 5.41) is 7.07. The molecule has 0 bridgehead atoms. The molecule has 0 saturated carbocycles. The zero-order valence-electron chi connectivity index (χ0n) is 17.9. The van der Waals surface area contributed by atoms with E-state index in [4.69, 9.17) is 9.73 Å². The first kappa shape index (κ1) is 21.5. The number of ether oxygens (including phenoxy) is 1. The smallest absolute Gasteiger partial charge is 0.191 e. The van der Waals surface area contributed by atoms with Crippen molar-refractivity contribution in [3.05, 3.63) is 0 Å². The van der Waals surface area contributed by atoms with Gasteiger partial charge in [-0.15, -0.1) is 0 Å². The third kappa shape index (κ3) is 6.73. The van der Waals surface area contributed by atoms with Gasteiger partial charge in [0.1, 0.15) is 0 Å². The molecule has 1 unspecified atom stereocenters. The maximum Gasteiger partial charge on any atom is 0.191 e. The summed E-state index contributed by atoms with van der Waals surface area (Å²) >= 11 is 0. The number of hydrogen-bond acceptors (Lipinski definition) is 3. The van der Waals surface area contributed by atoms with Gasteiger partial charge in [0.2, 0.25) is 0 Å². The highest BCUT2D eigenvalue weighted by Gasteiger charge is 2.39. The Morgan fingerprint density at radius 2 is 1.85 bits per heavy atom. The molecule has 2 aliphatic rings. The average molecular weight is 367 g/mol. The molecular weight excluding hydrogens is 324 g/mol. The maximum atomic E-state index is 5.66. The van der Waals surface area contributed by atoms with Crippen molar-refractivity contribution < 1.29 is 4.74 Å². The molecule has 26 heavy (non-hydrogen) atoms. The first-order valence-corrected chi connectivity index (χ1v) is 10.7.